The summed E-state index contributed by atoms with van der Waals surface area (Å²) in [5.74, 6) is 0.614. The van der Waals surface area contributed by atoms with E-state index in [2.05, 4.69) is 10.4 Å². The van der Waals surface area contributed by atoms with Gasteiger partial charge in [-0.3, -0.25) is 9.59 Å². The summed E-state index contributed by atoms with van der Waals surface area (Å²) in [4.78, 5) is 26.0. The van der Waals surface area contributed by atoms with Crippen molar-refractivity contribution in [1.82, 2.24) is 15.1 Å². The smallest absolute Gasteiger partial charge is 0.271 e. The van der Waals surface area contributed by atoms with Gasteiger partial charge in [0, 0.05) is 23.1 Å². The Morgan fingerprint density at radius 3 is 2.32 bits per heavy atom. The number of nitrogens with zero attached hydrogens (tertiary/aromatic N) is 2. The molecule has 0 atom stereocenters. The summed E-state index contributed by atoms with van der Waals surface area (Å²) in [7, 11) is 0. The summed E-state index contributed by atoms with van der Waals surface area (Å²) >= 11 is 1.49. The molecule has 7 heteroatoms. The fourth-order valence-electron chi connectivity index (χ4n) is 3.27. The number of amides is 1. The van der Waals surface area contributed by atoms with Crippen LogP contribution >= 0.6 is 11.8 Å². The Bertz CT molecular complexity index is 1320. The van der Waals surface area contributed by atoms with E-state index in [1.807, 2.05) is 62.4 Å². The van der Waals surface area contributed by atoms with Crippen molar-refractivity contribution < 1.29 is 9.53 Å². The Morgan fingerprint density at radius 2 is 1.65 bits per heavy atom. The second-order valence-electron chi connectivity index (χ2n) is 7.64. The molecule has 1 N–H and O–H groups in total. The minimum atomic E-state index is -0.235. The van der Waals surface area contributed by atoms with E-state index < -0.39 is 0 Å². The Morgan fingerprint density at radius 1 is 0.941 bits per heavy atom. The molecule has 4 rings (SSSR count). The zero-order chi connectivity index (χ0) is 23.9. The summed E-state index contributed by atoms with van der Waals surface area (Å²) in [5, 5.41) is 8.11. The monoisotopic (exact) mass is 471 g/mol. The molecule has 0 radical (unpaired) electrons. The number of hydrogen-bond acceptors (Lipinski definition) is 5. The zero-order valence-electron chi connectivity index (χ0n) is 19.0. The predicted octanol–water partition coefficient (Wildman–Crippen LogP) is 5.02. The highest BCUT2D eigenvalue weighted by Crippen LogP contribution is 2.25. The van der Waals surface area contributed by atoms with Gasteiger partial charge in [-0.2, -0.15) is 9.78 Å². The van der Waals surface area contributed by atoms with Crippen LogP contribution in [0.1, 0.15) is 28.4 Å². The van der Waals surface area contributed by atoms with Crippen molar-refractivity contribution in [3.05, 3.63) is 112 Å². The van der Waals surface area contributed by atoms with Gasteiger partial charge in [-0.25, -0.2) is 0 Å². The van der Waals surface area contributed by atoms with Crippen molar-refractivity contribution in [3.63, 3.8) is 0 Å². The minimum absolute atomic E-state index is 0.190. The second kappa shape index (κ2) is 10.9. The van der Waals surface area contributed by atoms with Crippen molar-refractivity contribution in [2.45, 2.75) is 30.3 Å². The molecule has 0 aliphatic heterocycles. The number of carbonyl (C=O) groups is 1. The maximum atomic E-state index is 12.6. The van der Waals surface area contributed by atoms with Crippen LogP contribution in [0.5, 0.6) is 5.75 Å². The van der Waals surface area contributed by atoms with Crippen LogP contribution < -0.4 is 15.6 Å². The molecule has 0 aliphatic carbocycles. The first-order valence-electron chi connectivity index (χ1n) is 11.0. The molecular formula is C27H25N3O3S. The van der Waals surface area contributed by atoms with E-state index in [-0.39, 0.29) is 11.5 Å². The topological polar surface area (TPSA) is 73.2 Å². The predicted molar refractivity (Wildman–Crippen MR) is 134 cm³/mol. The molecule has 0 spiro atoms. The van der Waals surface area contributed by atoms with Crippen LogP contribution in [0.15, 0.2) is 99.6 Å². The summed E-state index contributed by atoms with van der Waals surface area (Å²) in [5.41, 5.74) is 3.03. The lowest BCUT2D eigenvalue weighted by Crippen LogP contribution is -2.23. The third-order valence-corrected chi connectivity index (χ3v) is 6.02. The highest BCUT2D eigenvalue weighted by molar-refractivity contribution is 7.99. The van der Waals surface area contributed by atoms with Crippen LogP contribution in [0.4, 0.5) is 0 Å². The summed E-state index contributed by atoms with van der Waals surface area (Å²) < 4.78 is 6.78. The van der Waals surface area contributed by atoms with Crippen LogP contribution in [0.3, 0.4) is 0 Å². The highest BCUT2D eigenvalue weighted by atomic mass is 32.2. The molecule has 4 aromatic rings. The van der Waals surface area contributed by atoms with Crippen molar-refractivity contribution in [2.75, 3.05) is 6.61 Å². The lowest BCUT2D eigenvalue weighted by atomic mass is 10.1. The van der Waals surface area contributed by atoms with Crippen molar-refractivity contribution in [1.29, 1.82) is 0 Å². The van der Waals surface area contributed by atoms with Gasteiger partial charge in [0.15, 0.2) is 0 Å². The lowest BCUT2D eigenvalue weighted by Gasteiger charge is -2.09. The molecule has 3 aromatic carbocycles. The fraction of sp³-hybridized carbons (Fsp3) is 0.148. The van der Waals surface area contributed by atoms with E-state index >= 15 is 0 Å². The number of aromatic nitrogens is 2. The molecule has 34 heavy (non-hydrogen) atoms. The highest BCUT2D eigenvalue weighted by Gasteiger charge is 2.09. The lowest BCUT2D eigenvalue weighted by molar-refractivity contribution is 0.0951. The molecule has 1 amide bonds. The Labute approximate surface area is 202 Å². The molecule has 0 fully saturated rings. The van der Waals surface area contributed by atoms with Gasteiger partial charge in [0.2, 0.25) is 0 Å². The van der Waals surface area contributed by atoms with Crippen molar-refractivity contribution in [2.24, 2.45) is 0 Å². The van der Waals surface area contributed by atoms with E-state index in [0.29, 0.717) is 29.4 Å². The second-order valence-corrected chi connectivity index (χ2v) is 8.74. The van der Waals surface area contributed by atoms with E-state index in [9.17, 15) is 9.59 Å². The van der Waals surface area contributed by atoms with Gasteiger partial charge in [0.25, 0.3) is 11.5 Å². The summed E-state index contributed by atoms with van der Waals surface area (Å²) in [6.45, 7) is 5.00. The van der Waals surface area contributed by atoms with Crippen LogP contribution in [0.2, 0.25) is 0 Å². The first kappa shape index (κ1) is 23.3. The molecule has 172 valence electrons. The average Bonchev–Trinajstić information content (AvgIpc) is 2.86. The minimum Gasteiger partial charge on any atom is -0.494 e. The van der Waals surface area contributed by atoms with Gasteiger partial charge in [0.05, 0.1) is 12.3 Å². The number of carbonyl (C=O) groups excluding carboxylic acids is 1. The van der Waals surface area contributed by atoms with E-state index in [1.165, 1.54) is 28.1 Å². The molecule has 0 bridgehead atoms. The number of aryl methyl sites for hydroxylation is 1. The number of benzene rings is 3. The van der Waals surface area contributed by atoms with Crippen LogP contribution in [-0.2, 0) is 6.54 Å². The molecule has 0 unspecified atom stereocenters. The number of nitrogens with one attached hydrogen (secondary N) is 1. The van der Waals surface area contributed by atoms with Crippen molar-refractivity contribution >= 4 is 17.7 Å². The third-order valence-electron chi connectivity index (χ3n) is 5.08. The number of rotatable bonds is 8. The Kier molecular flexibility index (Phi) is 7.44. The summed E-state index contributed by atoms with van der Waals surface area (Å²) in [6, 6.07) is 25.8. The normalized spacial score (nSPS) is 10.6. The van der Waals surface area contributed by atoms with Gasteiger partial charge in [-0.15, -0.1) is 0 Å². The van der Waals surface area contributed by atoms with Gasteiger partial charge >= 0.3 is 0 Å². The average molecular weight is 472 g/mol. The SMILES string of the molecule is CCOc1ccc(CNC(=O)c2ccc(-n3nc(Sc4ccc(C)cc4)ccc3=O)cc2)cc1. The molecular weight excluding hydrogens is 446 g/mol. The Balaban J connectivity index is 1.42. The molecule has 6 nitrogen and oxygen atoms in total. The van der Waals surface area contributed by atoms with E-state index in [1.54, 1.807) is 30.3 Å². The third kappa shape index (κ3) is 5.94. The first-order chi connectivity index (χ1) is 16.5. The molecule has 1 aromatic heterocycles. The summed E-state index contributed by atoms with van der Waals surface area (Å²) in [6.07, 6.45) is 0. The quantitative estimate of drug-likeness (QED) is 0.391. The number of hydrogen-bond donors (Lipinski definition) is 1. The van der Waals surface area contributed by atoms with Gasteiger partial charge in [-0.1, -0.05) is 41.6 Å². The molecule has 0 aliphatic rings. The first-order valence-corrected chi connectivity index (χ1v) is 11.8. The largest absolute Gasteiger partial charge is 0.494 e. The fourth-order valence-corrected chi connectivity index (χ4v) is 4.04. The zero-order valence-corrected chi connectivity index (χ0v) is 19.8. The van der Waals surface area contributed by atoms with Gasteiger partial charge in [0.1, 0.15) is 10.8 Å². The standard InChI is InChI=1S/C27H25N3O3S/c1-3-33-23-12-6-20(7-13-23)18-28-27(32)21-8-10-22(11-9-21)30-26(31)17-16-25(29-30)34-24-14-4-19(2)5-15-24/h4-17H,3,18H2,1-2H3,(H,28,32). The maximum Gasteiger partial charge on any atom is 0.271 e. The number of ether oxygens (including phenoxy) is 1. The van der Waals surface area contributed by atoms with E-state index in [4.69, 9.17) is 4.74 Å². The van der Waals surface area contributed by atoms with Crippen LogP contribution in [0, 0.1) is 6.92 Å². The Hall–Kier alpha value is -3.84. The molecule has 0 saturated carbocycles. The van der Waals surface area contributed by atoms with Crippen LogP contribution in [-0.4, -0.2) is 22.3 Å². The van der Waals surface area contributed by atoms with Crippen LogP contribution in [0.25, 0.3) is 5.69 Å². The maximum absolute atomic E-state index is 12.6. The van der Waals surface area contributed by atoms with E-state index in [0.717, 1.165) is 16.2 Å². The van der Waals surface area contributed by atoms with Gasteiger partial charge in [-0.05, 0) is 74.0 Å². The van der Waals surface area contributed by atoms with Gasteiger partial charge < -0.3 is 10.1 Å². The molecule has 1 heterocycles. The molecule has 0 saturated heterocycles. The van der Waals surface area contributed by atoms with Crippen molar-refractivity contribution in [3.8, 4) is 11.4 Å².